The van der Waals surface area contributed by atoms with Crippen molar-refractivity contribution in [1.29, 1.82) is 0 Å². The Bertz CT molecular complexity index is 796. The monoisotopic (exact) mass is 288 g/mol. The number of halogens is 1. The first kappa shape index (κ1) is 12.8. The van der Waals surface area contributed by atoms with E-state index in [1.807, 2.05) is 25.1 Å². The molecule has 0 saturated carbocycles. The highest BCUT2D eigenvalue weighted by Crippen LogP contribution is 2.40. The van der Waals surface area contributed by atoms with Gasteiger partial charge in [-0.05, 0) is 31.2 Å². The Morgan fingerprint density at radius 2 is 2.05 bits per heavy atom. The van der Waals surface area contributed by atoms with E-state index in [4.69, 9.17) is 26.6 Å². The quantitative estimate of drug-likeness (QED) is 0.723. The van der Waals surface area contributed by atoms with E-state index in [1.54, 1.807) is 19.2 Å². The van der Waals surface area contributed by atoms with Crippen LogP contribution in [0, 0.1) is 6.92 Å². The average Bonchev–Trinajstić information content (AvgIpc) is 2.87. The fourth-order valence-electron chi connectivity index (χ4n) is 2.20. The Hall–Kier alpha value is -2.20. The van der Waals surface area contributed by atoms with Gasteiger partial charge >= 0.3 is 0 Å². The SMILES string of the molecule is COc1ccc(C)cc1-c1noc2ccc(N)c(Cl)c12. The summed E-state index contributed by atoms with van der Waals surface area (Å²) in [6.45, 7) is 2.00. The third-order valence-electron chi connectivity index (χ3n) is 3.22. The lowest BCUT2D eigenvalue weighted by Crippen LogP contribution is -1.91. The van der Waals surface area contributed by atoms with Crippen LogP contribution in [0.3, 0.4) is 0 Å². The molecule has 0 saturated heterocycles. The van der Waals surface area contributed by atoms with Crippen LogP contribution >= 0.6 is 11.6 Å². The molecule has 0 fully saturated rings. The molecular weight excluding hydrogens is 276 g/mol. The van der Waals surface area contributed by atoms with Crippen LogP contribution in [0.1, 0.15) is 5.56 Å². The molecule has 3 rings (SSSR count). The number of fused-ring (bicyclic) bond motifs is 1. The van der Waals surface area contributed by atoms with Crippen LogP contribution < -0.4 is 10.5 Å². The molecule has 0 bridgehead atoms. The van der Waals surface area contributed by atoms with Gasteiger partial charge in [-0.3, -0.25) is 0 Å². The zero-order valence-corrected chi connectivity index (χ0v) is 11.9. The minimum absolute atomic E-state index is 0.447. The van der Waals surface area contributed by atoms with Crippen LogP contribution in [0.25, 0.3) is 22.2 Å². The second-order valence-corrected chi connectivity index (χ2v) is 4.95. The van der Waals surface area contributed by atoms with Gasteiger partial charge in [0.15, 0.2) is 5.58 Å². The Morgan fingerprint density at radius 3 is 2.80 bits per heavy atom. The Labute approximate surface area is 121 Å². The second-order valence-electron chi connectivity index (χ2n) is 4.58. The maximum absolute atomic E-state index is 6.29. The summed E-state index contributed by atoms with van der Waals surface area (Å²) in [5.74, 6) is 0.712. The fourth-order valence-corrected chi connectivity index (χ4v) is 2.45. The van der Waals surface area contributed by atoms with Crippen molar-refractivity contribution in [3.05, 3.63) is 40.9 Å². The van der Waals surface area contributed by atoms with E-state index in [0.717, 1.165) is 11.1 Å². The number of hydrogen-bond donors (Lipinski definition) is 1. The number of methoxy groups -OCH3 is 1. The van der Waals surface area contributed by atoms with Crippen molar-refractivity contribution < 1.29 is 9.26 Å². The van der Waals surface area contributed by atoms with Gasteiger partial charge in [0.25, 0.3) is 0 Å². The molecule has 4 nitrogen and oxygen atoms in total. The van der Waals surface area contributed by atoms with Crippen molar-refractivity contribution >= 4 is 28.3 Å². The van der Waals surface area contributed by atoms with Gasteiger partial charge in [-0.25, -0.2) is 0 Å². The highest BCUT2D eigenvalue weighted by Gasteiger charge is 2.18. The highest BCUT2D eigenvalue weighted by molar-refractivity contribution is 6.38. The smallest absolute Gasteiger partial charge is 0.169 e. The second kappa shape index (κ2) is 4.72. The summed E-state index contributed by atoms with van der Waals surface area (Å²) in [6, 6.07) is 9.31. The van der Waals surface area contributed by atoms with Crippen molar-refractivity contribution in [1.82, 2.24) is 5.16 Å². The third-order valence-corrected chi connectivity index (χ3v) is 3.62. The van der Waals surface area contributed by atoms with Gasteiger partial charge < -0.3 is 15.0 Å². The first-order chi connectivity index (χ1) is 9.61. The van der Waals surface area contributed by atoms with Crippen molar-refractivity contribution in [2.24, 2.45) is 0 Å². The number of rotatable bonds is 2. The molecule has 2 N–H and O–H groups in total. The molecule has 20 heavy (non-hydrogen) atoms. The summed E-state index contributed by atoms with van der Waals surface area (Å²) in [6.07, 6.45) is 0. The number of nitrogen functional groups attached to an aromatic ring is 1. The average molecular weight is 289 g/mol. The summed E-state index contributed by atoms with van der Waals surface area (Å²) in [7, 11) is 1.62. The standard InChI is InChI=1S/C15H13ClN2O2/c1-8-3-5-11(19-2)9(7-8)15-13-12(20-18-15)6-4-10(17)14(13)16/h3-7H,17H2,1-2H3. The summed E-state index contributed by atoms with van der Waals surface area (Å²) < 4.78 is 10.7. The normalized spacial score (nSPS) is 10.9. The number of nitrogens with two attached hydrogens (primary N) is 1. The van der Waals surface area contributed by atoms with Crippen molar-refractivity contribution in [2.75, 3.05) is 12.8 Å². The predicted octanol–water partition coefficient (Wildman–Crippen LogP) is 4.05. The van der Waals surface area contributed by atoms with Gasteiger partial charge in [0.05, 0.1) is 23.2 Å². The van der Waals surface area contributed by atoms with Gasteiger partial charge in [0.2, 0.25) is 0 Å². The lowest BCUT2D eigenvalue weighted by molar-refractivity contribution is 0.415. The Kier molecular flexibility index (Phi) is 3.03. The maximum Gasteiger partial charge on any atom is 0.169 e. The molecule has 3 aromatic rings. The van der Waals surface area contributed by atoms with Crippen LogP contribution in [0.15, 0.2) is 34.9 Å². The molecule has 102 valence electrons. The number of benzene rings is 2. The Morgan fingerprint density at radius 1 is 1.25 bits per heavy atom. The van der Waals surface area contributed by atoms with E-state index in [-0.39, 0.29) is 0 Å². The van der Waals surface area contributed by atoms with Gasteiger partial charge in [-0.15, -0.1) is 0 Å². The van der Waals surface area contributed by atoms with E-state index in [9.17, 15) is 0 Å². The lowest BCUT2D eigenvalue weighted by atomic mass is 10.0. The molecule has 5 heteroatoms. The van der Waals surface area contributed by atoms with Gasteiger partial charge in [0, 0.05) is 5.56 Å². The first-order valence-electron chi connectivity index (χ1n) is 6.10. The molecule has 0 spiro atoms. The molecule has 0 unspecified atom stereocenters. The molecule has 0 aliphatic rings. The van der Waals surface area contributed by atoms with Gasteiger partial charge in [-0.2, -0.15) is 0 Å². The topological polar surface area (TPSA) is 61.3 Å². The number of anilines is 1. The highest BCUT2D eigenvalue weighted by atomic mass is 35.5. The summed E-state index contributed by atoms with van der Waals surface area (Å²) in [5.41, 5.74) is 9.52. The molecule has 0 aliphatic heterocycles. The molecule has 1 aromatic heterocycles. The molecule has 0 aliphatic carbocycles. The minimum Gasteiger partial charge on any atom is -0.496 e. The predicted molar refractivity (Wildman–Crippen MR) is 80.2 cm³/mol. The van der Waals surface area contributed by atoms with Gasteiger partial charge in [-0.1, -0.05) is 28.4 Å². The summed E-state index contributed by atoms with van der Waals surface area (Å²) in [4.78, 5) is 0. The molecule has 0 radical (unpaired) electrons. The van der Waals surface area contributed by atoms with E-state index in [1.165, 1.54) is 0 Å². The minimum atomic E-state index is 0.447. The van der Waals surface area contributed by atoms with Crippen LogP contribution in [0.2, 0.25) is 5.02 Å². The molecule has 2 aromatic carbocycles. The molecule has 0 amide bonds. The van der Waals surface area contributed by atoms with Crippen LogP contribution in [-0.4, -0.2) is 12.3 Å². The van der Waals surface area contributed by atoms with Crippen molar-refractivity contribution in [2.45, 2.75) is 6.92 Å². The third kappa shape index (κ3) is 1.89. The number of ether oxygens (including phenoxy) is 1. The van der Waals surface area contributed by atoms with E-state index in [0.29, 0.717) is 33.1 Å². The van der Waals surface area contributed by atoms with Gasteiger partial charge in [0.1, 0.15) is 11.4 Å². The molecular formula is C15H13ClN2O2. The van der Waals surface area contributed by atoms with Crippen molar-refractivity contribution in [3.63, 3.8) is 0 Å². The van der Waals surface area contributed by atoms with Crippen LogP contribution in [0.5, 0.6) is 5.75 Å². The zero-order valence-electron chi connectivity index (χ0n) is 11.1. The number of aromatic nitrogens is 1. The molecule has 0 atom stereocenters. The van der Waals surface area contributed by atoms with Crippen LogP contribution in [-0.2, 0) is 0 Å². The summed E-state index contributed by atoms with van der Waals surface area (Å²) >= 11 is 6.29. The number of aryl methyl sites for hydroxylation is 1. The van der Waals surface area contributed by atoms with E-state index >= 15 is 0 Å². The maximum atomic E-state index is 6.29. The number of hydrogen-bond acceptors (Lipinski definition) is 4. The van der Waals surface area contributed by atoms with E-state index < -0.39 is 0 Å². The Balaban J connectivity index is 2.35. The molecule has 1 heterocycles. The zero-order chi connectivity index (χ0) is 14.3. The largest absolute Gasteiger partial charge is 0.496 e. The summed E-state index contributed by atoms with van der Waals surface area (Å²) in [5, 5.41) is 5.27. The first-order valence-corrected chi connectivity index (χ1v) is 6.48. The number of nitrogens with zero attached hydrogens (tertiary/aromatic N) is 1. The lowest BCUT2D eigenvalue weighted by Gasteiger charge is -2.08. The van der Waals surface area contributed by atoms with Crippen molar-refractivity contribution in [3.8, 4) is 17.0 Å². The van der Waals surface area contributed by atoms with E-state index in [2.05, 4.69) is 5.16 Å². The fraction of sp³-hybridized carbons (Fsp3) is 0.133. The van der Waals surface area contributed by atoms with Crippen LogP contribution in [0.4, 0.5) is 5.69 Å².